The van der Waals surface area contributed by atoms with Gasteiger partial charge >= 0.3 is 0 Å². The van der Waals surface area contributed by atoms with Crippen molar-refractivity contribution >= 4 is 13.3 Å². The highest BCUT2D eigenvalue weighted by Gasteiger charge is 2.28. The highest BCUT2D eigenvalue weighted by Crippen LogP contribution is 2.41. The van der Waals surface area contributed by atoms with E-state index in [9.17, 15) is 0 Å². The number of rotatable bonds is 3. The van der Waals surface area contributed by atoms with Crippen LogP contribution in [0.5, 0.6) is 0 Å². The van der Waals surface area contributed by atoms with Gasteiger partial charge in [0, 0.05) is 0 Å². The van der Waals surface area contributed by atoms with Gasteiger partial charge in [-0.1, -0.05) is 66.5 Å². The van der Waals surface area contributed by atoms with E-state index < -0.39 is 0 Å². The Hall–Kier alpha value is -1.50. The Balaban J connectivity index is 1.75. The van der Waals surface area contributed by atoms with E-state index in [0.717, 1.165) is 17.3 Å². The quantitative estimate of drug-likeness (QED) is 0.726. The van der Waals surface area contributed by atoms with Crippen LogP contribution in [0.25, 0.3) is 0 Å². The van der Waals surface area contributed by atoms with Crippen molar-refractivity contribution in [3.8, 4) is 0 Å². The van der Waals surface area contributed by atoms with Crippen LogP contribution >= 0.6 is 0 Å². The third-order valence-corrected chi connectivity index (χ3v) is 4.36. The van der Waals surface area contributed by atoms with Crippen LogP contribution in [0.15, 0.2) is 54.6 Å². The molecule has 0 nitrogen and oxygen atoms in total. The molecule has 94 valence electrons. The van der Waals surface area contributed by atoms with Gasteiger partial charge in [0.25, 0.3) is 0 Å². The highest BCUT2D eigenvalue weighted by molar-refractivity contribution is 6.32. The summed E-state index contributed by atoms with van der Waals surface area (Å²) in [6.07, 6.45) is 5.23. The molecule has 0 heterocycles. The van der Waals surface area contributed by atoms with Gasteiger partial charge in [0.2, 0.25) is 0 Å². The van der Waals surface area contributed by atoms with Gasteiger partial charge in [0.1, 0.15) is 7.85 Å². The molecule has 2 radical (unpaired) electrons. The van der Waals surface area contributed by atoms with Crippen molar-refractivity contribution in [3.05, 3.63) is 65.7 Å². The molecule has 0 saturated heterocycles. The lowest BCUT2D eigenvalue weighted by atomic mass is 9.84. The minimum Gasteiger partial charge on any atom is -0.0967 e. The van der Waals surface area contributed by atoms with Crippen LogP contribution in [0.4, 0.5) is 0 Å². The van der Waals surface area contributed by atoms with E-state index in [1.165, 1.54) is 36.8 Å². The molecule has 0 aliphatic heterocycles. The first-order valence-electron chi connectivity index (χ1n) is 7.22. The Morgan fingerprint density at radius 2 is 1.63 bits per heavy atom. The van der Waals surface area contributed by atoms with Gasteiger partial charge in [-0.25, -0.2) is 0 Å². The summed E-state index contributed by atoms with van der Waals surface area (Å²) in [6.45, 7) is 0. The molecule has 0 N–H and O–H groups in total. The molecule has 0 bridgehead atoms. The Bertz CT molecular complexity index is 515. The van der Waals surface area contributed by atoms with Crippen molar-refractivity contribution in [2.75, 3.05) is 0 Å². The maximum atomic E-state index is 5.75. The van der Waals surface area contributed by atoms with Gasteiger partial charge < -0.3 is 0 Å². The summed E-state index contributed by atoms with van der Waals surface area (Å²) in [5.41, 5.74) is 3.79. The fourth-order valence-corrected chi connectivity index (χ4v) is 3.38. The van der Waals surface area contributed by atoms with Crippen LogP contribution < -0.4 is 5.46 Å². The van der Waals surface area contributed by atoms with E-state index in [1.807, 2.05) is 12.1 Å². The third-order valence-electron chi connectivity index (χ3n) is 4.36. The second-order valence-electron chi connectivity index (χ2n) is 5.65. The maximum absolute atomic E-state index is 5.75. The molecule has 1 saturated carbocycles. The van der Waals surface area contributed by atoms with Crippen LogP contribution in [0.1, 0.15) is 36.3 Å². The van der Waals surface area contributed by atoms with Gasteiger partial charge in [-0.05, 0) is 42.2 Å². The SMILES string of the molecule is [B]c1ccc(CC2CCCC2c2ccccc2)cc1. The zero-order valence-electron chi connectivity index (χ0n) is 11.3. The molecular formula is C18H19B. The highest BCUT2D eigenvalue weighted by atomic mass is 14.3. The van der Waals surface area contributed by atoms with Gasteiger partial charge in [-0.2, -0.15) is 0 Å². The van der Waals surface area contributed by atoms with E-state index in [0.29, 0.717) is 0 Å². The molecular weight excluding hydrogens is 227 g/mol. The summed E-state index contributed by atoms with van der Waals surface area (Å²) in [4.78, 5) is 0. The molecule has 0 aromatic heterocycles. The van der Waals surface area contributed by atoms with Gasteiger partial charge in [0.15, 0.2) is 0 Å². The van der Waals surface area contributed by atoms with Crippen LogP contribution in [0.3, 0.4) is 0 Å². The lowest BCUT2D eigenvalue weighted by Gasteiger charge is -2.20. The number of benzene rings is 2. The van der Waals surface area contributed by atoms with E-state index in [4.69, 9.17) is 7.85 Å². The van der Waals surface area contributed by atoms with E-state index >= 15 is 0 Å². The predicted octanol–water partition coefficient (Wildman–Crippen LogP) is 3.61. The first-order chi connectivity index (χ1) is 9.33. The largest absolute Gasteiger partial charge is 0.113 e. The summed E-state index contributed by atoms with van der Waals surface area (Å²) in [5.74, 6) is 1.52. The Morgan fingerprint density at radius 3 is 2.37 bits per heavy atom. The van der Waals surface area contributed by atoms with Crippen molar-refractivity contribution in [1.29, 1.82) is 0 Å². The molecule has 19 heavy (non-hydrogen) atoms. The average Bonchev–Trinajstić information content (AvgIpc) is 2.90. The van der Waals surface area contributed by atoms with Crippen LogP contribution in [0.2, 0.25) is 0 Å². The summed E-state index contributed by atoms with van der Waals surface area (Å²) in [6, 6.07) is 19.4. The third kappa shape index (κ3) is 2.92. The van der Waals surface area contributed by atoms with Crippen molar-refractivity contribution in [2.45, 2.75) is 31.6 Å². The van der Waals surface area contributed by atoms with Crippen molar-refractivity contribution in [1.82, 2.24) is 0 Å². The average molecular weight is 246 g/mol. The zero-order valence-corrected chi connectivity index (χ0v) is 11.3. The molecule has 2 aromatic carbocycles. The predicted molar refractivity (Wildman–Crippen MR) is 82.1 cm³/mol. The molecule has 0 amide bonds. The molecule has 2 aromatic rings. The molecule has 2 unspecified atom stereocenters. The molecule has 3 rings (SSSR count). The summed E-state index contributed by atoms with van der Waals surface area (Å²) >= 11 is 0. The van der Waals surface area contributed by atoms with Gasteiger partial charge in [0.05, 0.1) is 0 Å². The van der Waals surface area contributed by atoms with Crippen molar-refractivity contribution < 1.29 is 0 Å². The molecule has 1 fully saturated rings. The van der Waals surface area contributed by atoms with Crippen molar-refractivity contribution in [2.24, 2.45) is 5.92 Å². The van der Waals surface area contributed by atoms with Crippen LogP contribution in [-0.2, 0) is 6.42 Å². The van der Waals surface area contributed by atoms with Gasteiger partial charge in [-0.15, -0.1) is 0 Å². The van der Waals surface area contributed by atoms with Crippen LogP contribution in [-0.4, -0.2) is 7.85 Å². The standard InChI is InChI=1S/C18H19B/c19-17-11-9-14(10-12-17)13-16-7-4-8-18(16)15-5-2-1-3-6-15/h1-3,5-6,9-12,16,18H,4,7-8,13H2. The van der Waals surface area contributed by atoms with Crippen LogP contribution in [0, 0.1) is 5.92 Å². The van der Waals surface area contributed by atoms with Crippen molar-refractivity contribution in [3.63, 3.8) is 0 Å². The fourth-order valence-electron chi connectivity index (χ4n) is 3.38. The molecule has 1 aliphatic carbocycles. The molecule has 1 aliphatic rings. The summed E-state index contributed by atoms with van der Waals surface area (Å²) in [7, 11) is 5.75. The monoisotopic (exact) mass is 246 g/mol. The number of hydrogen-bond acceptors (Lipinski definition) is 0. The van der Waals surface area contributed by atoms with E-state index in [1.54, 1.807) is 0 Å². The molecule has 0 spiro atoms. The zero-order chi connectivity index (χ0) is 13.1. The normalized spacial score (nSPS) is 22.5. The Labute approximate surface area is 117 Å². The lowest BCUT2D eigenvalue weighted by molar-refractivity contribution is 0.482. The lowest BCUT2D eigenvalue weighted by Crippen LogP contribution is -2.10. The molecule has 1 heteroatoms. The minimum absolute atomic E-state index is 0.735. The number of hydrogen-bond donors (Lipinski definition) is 0. The Morgan fingerprint density at radius 1 is 0.895 bits per heavy atom. The first kappa shape index (κ1) is 12.5. The topological polar surface area (TPSA) is 0 Å². The molecule has 2 atom stereocenters. The second-order valence-corrected chi connectivity index (χ2v) is 5.65. The minimum atomic E-state index is 0.735. The van der Waals surface area contributed by atoms with E-state index in [-0.39, 0.29) is 0 Å². The Kier molecular flexibility index (Phi) is 3.73. The first-order valence-corrected chi connectivity index (χ1v) is 7.22. The second kappa shape index (κ2) is 5.65. The summed E-state index contributed by atoms with van der Waals surface area (Å²) < 4.78 is 0. The van der Waals surface area contributed by atoms with E-state index in [2.05, 4.69) is 42.5 Å². The summed E-state index contributed by atoms with van der Waals surface area (Å²) in [5, 5.41) is 0. The maximum Gasteiger partial charge on any atom is 0.113 e. The smallest absolute Gasteiger partial charge is 0.0967 e. The van der Waals surface area contributed by atoms with Gasteiger partial charge in [-0.3, -0.25) is 0 Å². The fraction of sp³-hybridized carbons (Fsp3) is 0.333.